The number of rotatable bonds is 4. The van der Waals surface area contributed by atoms with Crippen LogP contribution in [0.1, 0.15) is 16.1 Å². The summed E-state index contributed by atoms with van der Waals surface area (Å²) in [6.07, 6.45) is 1.14. The van der Waals surface area contributed by atoms with Crippen LogP contribution in [0.2, 0.25) is 5.02 Å². The first-order valence-electron chi connectivity index (χ1n) is 5.37. The Hall–Kier alpha value is -2.06. The lowest BCUT2D eigenvalue weighted by Crippen LogP contribution is -2.16. The summed E-state index contributed by atoms with van der Waals surface area (Å²) in [6.45, 7) is 1.54. The molecule has 0 aliphatic carbocycles. The monoisotopic (exact) mass is 315 g/mol. The molecule has 0 unspecified atom stereocenters. The Balaban J connectivity index is 2.47. The maximum atomic E-state index is 12.2. The predicted molar refractivity (Wildman–Crippen MR) is 72.5 cm³/mol. The molecule has 0 saturated heterocycles. The van der Waals surface area contributed by atoms with Gasteiger partial charge < -0.3 is 5.11 Å². The molecule has 0 spiro atoms. The number of nitrogens with zero attached hydrogens (tertiary/aromatic N) is 1. The molecule has 0 radical (unpaired) electrons. The van der Waals surface area contributed by atoms with Crippen molar-refractivity contribution < 1.29 is 18.3 Å². The second kappa shape index (κ2) is 5.14. The predicted octanol–water partition coefficient (Wildman–Crippen LogP) is 1.87. The van der Waals surface area contributed by atoms with E-state index < -0.39 is 16.0 Å². The molecule has 0 atom stereocenters. The topological polar surface area (TPSA) is 112 Å². The van der Waals surface area contributed by atoms with Crippen molar-refractivity contribution in [1.82, 2.24) is 10.2 Å². The molecule has 1 heterocycles. The van der Waals surface area contributed by atoms with E-state index in [1.165, 1.54) is 25.1 Å². The maximum Gasteiger partial charge on any atom is 0.337 e. The minimum Gasteiger partial charge on any atom is -0.478 e. The van der Waals surface area contributed by atoms with E-state index in [0.717, 1.165) is 6.20 Å². The third-order valence-electron chi connectivity index (χ3n) is 2.53. The van der Waals surface area contributed by atoms with E-state index in [2.05, 4.69) is 14.9 Å². The van der Waals surface area contributed by atoms with Crippen LogP contribution in [0, 0.1) is 6.92 Å². The number of carboxylic acids is 1. The van der Waals surface area contributed by atoms with Crippen molar-refractivity contribution in [2.45, 2.75) is 11.8 Å². The lowest BCUT2D eigenvalue weighted by Gasteiger charge is -2.10. The SMILES string of the molecule is Cc1[nH]ncc1S(=O)(=O)Nc1cc(Cl)ccc1C(=O)O. The van der Waals surface area contributed by atoms with Crippen LogP contribution in [0.4, 0.5) is 5.69 Å². The highest BCUT2D eigenvalue weighted by Crippen LogP contribution is 2.24. The molecule has 7 nitrogen and oxygen atoms in total. The fourth-order valence-electron chi connectivity index (χ4n) is 1.60. The molecule has 106 valence electrons. The van der Waals surface area contributed by atoms with Gasteiger partial charge in [-0.2, -0.15) is 5.10 Å². The van der Waals surface area contributed by atoms with Gasteiger partial charge in [0.2, 0.25) is 0 Å². The van der Waals surface area contributed by atoms with Gasteiger partial charge in [-0.1, -0.05) is 11.6 Å². The number of benzene rings is 1. The third-order valence-corrected chi connectivity index (χ3v) is 4.24. The van der Waals surface area contributed by atoms with E-state index in [4.69, 9.17) is 16.7 Å². The largest absolute Gasteiger partial charge is 0.478 e. The molecule has 0 aliphatic rings. The van der Waals surface area contributed by atoms with Crippen LogP contribution in [-0.4, -0.2) is 29.7 Å². The van der Waals surface area contributed by atoms with E-state index >= 15 is 0 Å². The first-order valence-corrected chi connectivity index (χ1v) is 7.23. The Kier molecular flexibility index (Phi) is 3.69. The van der Waals surface area contributed by atoms with E-state index in [9.17, 15) is 13.2 Å². The molecule has 0 bridgehead atoms. The smallest absolute Gasteiger partial charge is 0.337 e. The minimum atomic E-state index is -3.94. The Morgan fingerprint density at radius 1 is 1.45 bits per heavy atom. The Bertz CT molecular complexity index is 770. The van der Waals surface area contributed by atoms with E-state index in [1.807, 2.05) is 0 Å². The molecule has 1 aromatic heterocycles. The summed E-state index contributed by atoms with van der Waals surface area (Å²) in [6, 6.07) is 3.83. The average Bonchev–Trinajstić information content (AvgIpc) is 2.75. The summed E-state index contributed by atoms with van der Waals surface area (Å²) in [5, 5.41) is 15.4. The van der Waals surface area contributed by atoms with Crippen LogP contribution in [0.25, 0.3) is 0 Å². The first-order chi connectivity index (χ1) is 9.31. The average molecular weight is 316 g/mol. The van der Waals surface area contributed by atoms with Crippen LogP contribution in [-0.2, 0) is 10.0 Å². The highest BCUT2D eigenvalue weighted by Gasteiger charge is 2.21. The first kappa shape index (κ1) is 14.4. The van der Waals surface area contributed by atoms with Gasteiger partial charge in [-0.15, -0.1) is 0 Å². The van der Waals surface area contributed by atoms with Gasteiger partial charge in [0, 0.05) is 5.02 Å². The molecule has 2 aromatic rings. The Morgan fingerprint density at radius 2 is 2.15 bits per heavy atom. The highest BCUT2D eigenvalue weighted by molar-refractivity contribution is 7.92. The van der Waals surface area contributed by atoms with Gasteiger partial charge in [-0.3, -0.25) is 9.82 Å². The van der Waals surface area contributed by atoms with Crippen molar-refractivity contribution in [2.75, 3.05) is 4.72 Å². The van der Waals surface area contributed by atoms with Gasteiger partial charge in [0.1, 0.15) is 4.90 Å². The van der Waals surface area contributed by atoms with Gasteiger partial charge in [0.15, 0.2) is 0 Å². The number of H-pyrrole nitrogens is 1. The van der Waals surface area contributed by atoms with Crippen LogP contribution >= 0.6 is 11.6 Å². The number of aromatic carboxylic acids is 1. The van der Waals surface area contributed by atoms with Crippen molar-refractivity contribution in [3.63, 3.8) is 0 Å². The second-order valence-corrected chi connectivity index (χ2v) is 6.05. The fraction of sp³-hybridized carbons (Fsp3) is 0.0909. The van der Waals surface area contributed by atoms with Gasteiger partial charge in [0.05, 0.1) is 23.1 Å². The number of carboxylic acid groups (broad SMARTS) is 1. The number of aromatic amines is 1. The summed E-state index contributed by atoms with van der Waals surface area (Å²) < 4.78 is 26.5. The number of anilines is 1. The molecule has 3 N–H and O–H groups in total. The number of hydrogen-bond donors (Lipinski definition) is 3. The third kappa shape index (κ3) is 2.75. The zero-order chi connectivity index (χ0) is 14.9. The Labute approximate surface area is 119 Å². The number of sulfonamides is 1. The number of aromatic nitrogens is 2. The number of carbonyl (C=O) groups is 1. The zero-order valence-electron chi connectivity index (χ0n) is 10.2. The zero-order valence-corrected chi connectivity index (χ0v) is 11.8. The van der Waals surface area contributed by atoms with Gasteiger partial charge in [-0.05, 0) is 25.1 Å². The molecule has 2 rings (SSSR count). The van der Waals surface area contributed by atoms with Crippen molar-refractivity contribution in [3.05, 3.63) is 40.7 Å². The fourth-order valence-corrected chi connectivity index (χ4v) is 2.98. The molecule has 0 aliphatic heterocycles. The number of hydrogen-bond acceptors (Lipinski definition) is 4. The van der Waals surface area contributed by atoms with Crippen LogP contribution in [0.15, 0.2) is 29.3 Å². The molecule has 0 amide bonds. The molecule has 9 heteroatoms. The van der Waals surface area contributed by atoms with Crippen molar-refractivity contribution >= 4 is 33.3 Å². The second-order valence-electron chi connectivity index (χ2n) is 3.96. The highest BCUT2D eigenvalue weighted by atomic mass is 35.5. The normalized spacial score (nSPS) is 11.3. The molecule has 1 aromatic carbocycles. The lowest BCUT2D eigenvalue weighted by atomic mass is 10.2. The summed E-state index contributed by atoms with van der Waals surface area (Å²) in [5.74, 6) is -1.26. The van der Waals surface area contributed by atoms with Gasteiger partial charge in [0.25, 0.3) is 10.0 Å². The minimum absolute atomic E-state index is 0.0613. The van der Waals surface area contributed by atoms with E-state index in [-0.39, 0.29) is 21.2 Å². The maximum absolute atomic E-state index is 12.2. The lowest BCUT2D eigenvalue weighted by molar-refractivity contribution is 0.0698. The summed E-state index contributed by atoms with van der Waals surface area (Å²) in [7, 11) is -3.94. The van der Waals surface area contributed by atoms with Crippen molar-refractivity contribution in [1.29, 1.82) is 0 Å². The molecular formula is C11H10ClN3O4S. The summed E-state index contributed by atoms with van der Waals surface area (Å²) in [5.41, 5.74) is 0.0427. The Morgan fingerprint density at radius 3 is 2.70 bits per heavy atom. The van der Waals surface area contributed by atoms with E-state index in [0.29, 0.717) is 5.69 Å². The van der Waals surface area contributed by atoms with Gasteiger partial charge in [-0.25, -0.2) is 13.2 Å². The standard InChI is InChI=1S/C11H10ClN3O4S/c1-6-10(5-13-14-6)20(18,19)15-9-4-7(12)2-3-8(9)11(16)17/h2-5,15H,1H3,(H,13,14)(H,16,17). The summed E-state index contributed by atoms with van der Waals surface area (Å²) in [4.78, 5) is 11.0. The molecule has 20 heavy (non-hydrogen) atoms. The number of aryl methyl sites for hydroxylation is 1. The number of nitrogens with one attached hydrogen (secondary N) is 2. The van der Waals surface area contributed by atoms with Crippen LogP contribution in [0.3, 0.4) is 0 Å². The molecule has 0 fully saturated rings. The molecular weight excluding hydrogens is 306 g/mol. The van der Waals surface area contributed by atoms with Crippen molar-refractivity contribution in [3.8, 4) is 0 Å². The number of halogens is 1. The van der Waals surface area contributed by atoms with Crippen molar-refractivity contribution in [2.24, 2.45) is 0 Å². The molecule has 0 saturated carbocycles. The van der Waals surface area contributed by atoms with E-state index in [1.54, 1.807) is 0 Å². The van der Waals surface area contributed by atoms with Crippen LogP contribution < -0.4 is 4.72 Å². The van der Waals surface area contributed by atoms with Gasteiger partial charge >= 0.3 is 5.97 Å². The summed E-state index contributed by atoms with van der Waals surface area (Å²) >= 11 is 5.76. The van der Waals surface area contributed by atoms with Crippen LogP contribution in [0.5, 0.6) is 0 Å². The quantitative estimate of drug-likeness (QED) is 0.797.